The van der Waals surface area contributed by atoms with Crippen molar-refractivity contribution in [2.45, 2.75) is 6.42 Å². The van der Waals surface area contributed by atoms with E-state index in [4.69, 9.17) is 10.00 Å². The first-order valence-corrected chi connectivity index (χ1v) is 6.16. The Hall–Kier alpha value is -2.81. The minimum Gasteiger partial charge on any atom is -0.495 e. The molecule has 0 radical (unpaired) electrons. The van der Waals surface area contributed by atoms with Crippen LogP contribution in [-0.2, 0) is 0 Å². The Balaban J connectivity index is 2.09. The van der Waals surface area contributed by atoms with E-state index in [-0.39, 0.29) is 0 Å². The molecule has 0 aliphatic heterocycles. The molecule has 1 aromatic heterocycles. The number of nitrogens with one attached hydrogen (secondary N) is 2. The van der Waals surface area contributed by atoms with E-state index in [0.29, 0.717) is 24.6 Å². The predicted molar refractivity (Wildman–Crippen MR) is 77.0 cm³/mol. The lowest BCUT2D eigenvalue weighted by Crippen LogP contribution is -2.04. The second-order valence-corrected chi connectivity index (χ2v) is 3.95. The topological polar surface area (TPSA) is 82.9 Å². The van der Waals surface area contributed by atoms with E-state index in [1.807, 2.05) is 24.3 Å². The first-order valence-electron chi connectivity index (χ1n) is 6.16. The molecule has 0 spiro atoms. The van der Waals surface area contributed by atoms with Crippen molar-refractivity contribution in [3.63, 3.8) is 0 Å². The molecule has 0 fully saturated rings. The highest BCUT2D eigenvalue weighted by molar-refractivity contribution is 5.65. The van der Waals surface area contributed by atoms with E-state index in [1.165, 1.54) is 6.33 Å². The Morgan fingerprint density at radius 2 is 2.05 bits per heavy atom. The third-order valence-electron chi connectivity index (χ3n) is 2.58. The summed E-state index contributed by atoms with van der Waals surface area (Å²) in [6.07, 6.45) is 1.89. The molecule has 2 N–H and O–H groups in total. The molecule has 0 unspecified atom stereocenters. The lowest BCUT2D eigenvalue weighted by molar-refractivity contribution is 0.417. The number of methoxy groups -OCH3 is 1. The van der Waals surface area contributed by atoms with Gasteiger partial charge in [-0.15, -0.1) is 0 Å². The Morgan fingerprint density at radius 1 is 1.25 bits per heavy atom. The van der Waals surface area contributed by atoms with Crippen molar-refractivity contribution in [3.8, 4) is 11.8 Å². The molecule has 0 atom stereocenters. The summed E-state index contributed by atoms with van der Waals surface area (Å²) in [5.74, 6) is 2.07. The van der Waals surface area contributed by atoms with Gasteiger partial charge in [0.25, 0.3) is 0 Å². The normalized spacial score (nSPS) is 9.60. The van der Waals surface area contributed by atoms with Gasteiger partial charge in [-0.1, -0.05) is 12.1 Å². The van der Waals surface area contributed by atoms with Crippen molar-refractivity contribution in [1.29, 1.82) is 5.26 Å². The molecule has 0 amide bonds. The zero-order valence-corrected chi connectivity index (χ0v) is 11.1. The van der Waals surface area contributed by atoms with Gasteiger partial charge in [0.1, 0.15) is 23.7 Å². The molecule has 1 heterocycles. The molecule has 6 heteroatoms. The highest BCUT2D eigenvalue weighted by Crippen LogP contribution is 2.26. The van der Waals surface area contributed by atoms with Crippen LogP contribution < -0.4 is 15.4 Å². The number of anilines is 3. The number of nitrogens with zero attached hydrogens (tertiary/aromatic N) is 3. The van der Waals surface area contributed by atoms with Crippen molar-refractivity contribution < 1.29 is 4.74 Å². The second-order valence-electron chi connectivity index (χ2n) is 3.95. The Bertz CT molecular complexity index is 609. The average molecular weight is 269 g/mol. The lowest BCUT2D eigenvalue weighted by atomic mass is 10.3. The number of para-hydroxylation sites is 2. The number of ether oxygens (including phenoxy) is 1. The summed E-state index contributed by atoms with van der Waals surface area (Å²) >= 11 is 0. The molecule has 2 rings (SSSR count). The van der Waals surface area contributed by atoms with Gasteiger partial charge >= 0.3 is 0 Å². The molecule has 0 bridgehead atoms. The molecular weight excluding hydrogens is 254 g/mol. The maximum Gasteiger partial charge on any atom is 0.142 e. The van der Waals surface area contributed by atoms with Gasteiger partial charge in [-0.05, 0) is 12.1 Å². The summed E-state index contributed by atoms with van der Waals surface area (Å²) in [6, 6.07) is 11.4. The molecule has 102 valence electrons. The van der Waals surface area contributed by atoms with Crippen molar-refractivity contribution in [1.82, 2.24) is 9.97 Å². The van der Waals surface area contributed by atoms with Crippen LogP contribution in [0.3, 0.4) is 0 Å². The molecule has 0 aliphatic rings. The van der Waals surface area contributed by atoms with Crippen LogP contribution in [0.25, 0.3) is 0 Å². The molecule has 0 saturated heterocycles. The summed E-state index contributed by atoms with van der Waals surface area (Å²) in [5.41, 5.74) is 0.830. The molecule has 2 aromatic rings. The van der Waals surface area contributed by atoms with Gasteiger partial charge in [0, 0.05) is 12.6 Å². The van der Waals surface area contributed by atoms with Crippen molar-refractivity contribution >= 4 is 17.3 Å². The summed E-state index contributed by atoms with van der Waals surface area (Å²) in [5, 5.41) is 14.7. The fraction of sp³-hybridized carbons (Fsp3) is 0.214. The van der Waals surface area contributed by atoms with Crippen LogP contribution in [0.5, 0.6) is 5.75 Å². The van der Waals surface area contributed by atoms with Crippen LogP contribution in [0, 0.1) is 11.3 Å². The number of hydrogen-bond acceptors (Lipinski definition) is 6. The summed E-state index contributed by atoms with van der Waals surface area (Å²) in [4.78, 5) is 8.25. The lowest BCUT2D eigenvalue weighted by Gasteiger charge is -2.11. The molecule has 0 aliphatic carbocycles. The van der Waals surface area contributed by atoms with Crippen molar-refractivity contribution in [2.75, 3.05) is 24.3 Å². The van der Waals surface area contributed by atoms with Gasteiger partial charge in [0.2, 0.25) is 0 Å². The SMILES string of the molecule is COc1ccccc1Nc1cc(NCCC#N)ncn1. The van der Waals surface area contributed by atoms with Crippen LogP contribution in [0.1, 0.15) is 6.42 Å². The number of aromatic nitrogens is 2. The predicted octanol–water partition coefficient (Wildman–Crippen LogP) is 2.55. The van der Waals surface area contributed by atoms with Crippen molar-refractivity contribution in [2.24, 2.45) is 0 Å². The number of nitriles is 1. The zero-order chi connectivity index (χ0) is 14.2. The highest BCUT2D eigenvalue weighted by Gasteiger charge is 2.03. The molecule has 0 saturated carbocycles. The smallest absolute Gasteiger partial charge is 0.142 e. The van der Waals surface area contributed by atoms with E-state index in [2.05, 4.69) is 26.7 Å². The number of hydrogen-bond donors (Lipinski definition) is 2. The molecule has 6 nitrogen and oxygen atoms in total. The fourth-order valence-corrected chi connectivity index (χ4v) is 1.65. The summed E-state index contributed by atoms with van der Waals surface area (Å²) in [7, 11) is 1.62. The summed E-state index contributed by atoms with van der Waals surface area (Å²) in [6.45, 7) is 0.557. The second kappa shape index (κ2) is 6.95. The van der Waals surface area contributed by atoms with Gasteiger partial charge in [0.15, 0.2) is 0 Å². The van der Waals surface area contributed by atoms with Gasteiger partial charge in [-0.25, -0.2) is 9.97 Å². The highest BCUT2D eigenvalue weighted by atomic mass is 16.5. The van der Waals surface area contributed by atoms with Gasteiger partial charge in [-0.2, -0.15) is 5.26 Å². The van der Waals surface area contributed by atoms with E-state index in [9.17, 15) is 0 Å². The standard InChI is InChI=1S/C14H15N5O/c1-20-12-6-3-2-5-11(12)19-14-9-13(17-10-18-14)16-8-4-7-15/h2-3,5-6,9-10H,4,8H2,1H3,(H2,16,17,18,19). The van der Waals surface area contributed by atoms with E-state index in [1.54, 1.807) is 13.2 Å². The van der Waals surface area contributed by atoms with Gasteiger partial charge in [-0.3, -0.25) is 0 Å². The quantitative estimate of drug-likeness (QED) is 0.784. The third kappa shape index (κ3) is 3.59. The monoisotopic (exact) mass is 269 g/mol. The first-order chi connectivity index (χ1) is 9.83. The van der Waals surface area contributed by atoms with Crippen molar-refractivity contribution in [3.05, 3.63) is 36.7 Å². The average Bonchev–Trinajstić information content (AvgIpc) is 2.48. The zero-order valence-electron chi connectivity index (χ0n) is 11.1. The molecular formula is C14H15N5O. The van der Waals surface area contributed by atoms with Crippen LogP contribution in [0.15, 0.2) is 36.7 Å². The fourth-order valence-electron chi connectivity index (χ4n) is 1.65. The minimum absolute atomic E-state index is 0.430. The van der Waals surface area contributed by atoms with Crippen LogP contribution in [0.4, 0.5) is 17.3 Å². The first kappa shape index (κ1) is 13.6. The maximum absolute atomic E-state index is 8.50. The van der Waals surface area contributed by atoms with Crippen LogP contribution in [0.2, 0.25) is 0 Å². The van der Waals surface area contributed by atoms with Crippen LogP contribution in [-0.4, -0.2) is 23.6 Å². The number of benzene rings is 1. The van der Waals surface area contributed by atoms with E-state index >= 15 is 0 Å². The largest absolute Gasteiger partial charge is 0.495 e. The van der Waals surface area contributed by atoms with E-state index in [0.717, 1.165) is 11.4 Å². The van der Waals surface area contributed by atoms with Gasteiger partial charge in [0.05, 0.1) is 25.3 Å². The Morgan fingerprint density at radius 3 is 2.85 bits per heavy atom. The number of rotatable bonds is 6. The van der Waals surface area contributed by atoms with Gasteiger partial charge < -0.3 is 15.4 Å². The third-order valence-corrected chi connectivity index (χ3v) is 2.58. The maximum atomic E-state index is 8.50. The Labute approximate surface area is 117 Å². The summed E-state index contributed by atoms with van der Waals surface area (Å²) < 4.78 is 5.27. The Kier molecular flexibility index (Phi) is 4.73. The minimum atomic E-state index is 0.430. The van der Waals surface area contributed by atoms with E-state index < -0.39 is 0 Å². The van der Waals surface area contributed by atoms with Crippen LogP contribution >= 0.6 is 0 Å². The molecule has 20 heavy (non-hydrogen) atoms. The molecule has 1 aromatic carbocycles.